The molecule has 0 atom stereocenters. The van der Waals surface area contributed by atoms with Crippen molar-refractivity contribution in [1.82, 2.24) is 0 Å². The predicted molar refractivity (Wildman–Crippen MR) is 110 cm³/mol. The summed E-state index contributed by atoms with van der Waals surface area (Å²) in [7, 11) is 0. The first kappa shape index (κ1) is 17.2. The van der Waals surface area contributed by atoms with Crippen molar-refractivity contribution in [2.24, 2.45) is 0 Å². The molecule has 0 saturated heterocycles. The number of benzene rings is 4. The van der Waals surface area contributed by atoms with Crippen LogP contribution in [0, 0.1) is 0 Å². The minimum absolute atomic E-state index is 0.197. The molecule has 1 amide bonds. The average molecular weight is 420 g/mol. The lowest BCUT2D eigenvalue weighted by molar-refractivity contribution is 0.0777. The Morgan fingerprint density at radius 3 is 2.15 bits per heavy atom. The molecule has 27 heavy (non-hydrogen) atoms. The maximum atomic E-state index is 13.1. The Kier molecular flexibility index (Phi) is 4.60. The summed E-state index contributed by atoms with van der Waals surface area (Å²) in [5.41, 5.74) is 1.13. The molecule has 0 saturated carbocycles. The van der Waals surface area contributed by atoms with Crippen LogP contribution in [-0.4, -0.2) is 11.9 Å². The van der Waals surface area contributed by atoms with Crippen LogP contribution >= 0.6 is 16.3 Å². The molecule has 132 valence electrons. The Bertz CT molecular complexity index is 1170. The van der Waals surface area contributed by atoms with Gasteiger partial charge in [0.15, 0.2) is 16.3 Å². The summed E-state index contributed by atoms with van der Waals surface area (Å²) in [4.78, 5) is 25.3. The van der Waals surface area contributed by atoms with E-state index in [1.54, 1.807) is 18.2 Å². The average Bonchev–Trinajstić information content (AvgIpc) is 2.71. The molecule has 5 heteroatoms. The van der Waals surface area contributed by atoms with Gasteiger partial charge in [0, 0.05) is 5.69 Å². The number of halogens is 1. The fourth-order valence-corrected chi connectivity index (χ4v) is 3.36. The highest BCUT2D eigenvalue weighted by molar-refractivity contribution is 9.06. The minimum atomic E-state index is -0.622. The molecule has 0 fully saturated rings. The summed E-state index contributed by atoms with van der Waals surface area (Å²) >= 11 is 2.72. The predicted octanol–water partition coefficient (Wildman–Crippen LogP) is 5.71. The zero-order valence-corrected chi connectivity index (χ0v) is 15.7. The molecule has 0 aliphatic heterocycles. The van der Waals surface area contributed by atoms with Gasteiger partial charge in [-0.05, 0) is 51.9 Å². The van der Waals surface area contributed by atoms with E-state index in [2.05, 4.69) is 21.6 Å². The molecule has 0 unspecified atom stereocenters. The van der Waals surface area contributed by atoms with Crippen molar-refractivity contribution in [2.45, 2.75) is 0 Å². The minimum Gasteiger partial charge on any atom is -0.380 e. The first-order valence-electron chi connectivity index (χ1n) is 8.32. The Balaban J connectivity index is 1.94. The molecule has 0 heterocycles. The molecule has 0 spiro atoms. The standard InChI is InChI=1S/C22H14BrNO3/c23-27-22(26)18-11-10-16-12-14-6-4-5-7-15(14)13-19(16)20(18)21(25)24-17-8-2-1-3-9-17/h1-13H,(H,24,25). The quantitative estimate of drug-likeness (QED) is 0.432. The number of carbonyl (C=O) groups excluding carboxylic acids is 2. The van der Waals surface area contributed by atoms with Crippen LogP contribution in [-0.2, 0) is 3.83 Å². The second kappa shape index (κ2) is 7.21. The lowest BCUT2D eigenvalue weighted by Crippen LogP contribution is -2.17. The normalized spacial score (nSPS) is 10.7. The molecule has 1 N–H and O–H groups in total. The van der Waals surface area contributed by atoms with Crippen LogP contribution in [0.3, 0.4) is 0 Å². The first-order chi connectivity index (χ1) is 13.2. The van der Waals surface area contributed by atoms with Gasteiger partial charge in [0.1, 0.15) is 0 Å². The van der Waals surface area contributed by atoms with Crippen LogP contribution in [0.1, 0.15) is 20.7 Å². The van der Waals surface area contributed by atoms with Gasteiger partial charge in [-0.25, -0.2) is 4.79 Å². The summed E-state index contributed by atoms with van der Waals surface area (Å²) in [6.45, 7) is 0. The number of anilines is 1. The van der Waals surface area contributed by atoms with Gasteiger partial charge in [0.2, 0.25) is 0 Å². The van der Waals surface area contributed by atoms with Crippen LogP contribution in [0.5, 0.6) is 0 Å². The Labute approximate surface area is 164 Å². The largest absolute Gasteiger partial charge is 0.380 e. The molecular weight excluding hydrogens is 406 g/mol. The number of amides is 1. The lowest BCUT2D eigenvalue weighted by Gasteiger charge is -2.13. The van der Waals surface area contributed by atoms with E-state index in [-0.39, 0.29) is 17.0 Å². The highest BCUT2D eigenvalue weighted by Gasteiger charge is 2.21. The SMILES string of the molecule is O=C(OBr)c1ccc2cc3ccccc3cc2c1C(=O)Nc1ccccc1. The molecule has 0 bridgehead atoms. The van der Waals surface area contributed by atoms with Gasteiger partial charge >= 0.3 is 5.97 Å². The summed E-state index contributed by atoms with van der Waals surface area (Å²) in [5, 5.41) is 6.48. The number of para-hydroxylation sites is 1. The molecule has 4 nitrogen and oxygen atoms in total. The van der Waals surface area contributed by atoms with E-state index in [9.17, 15) is 9.59 Å². The first-order valence-corrected chi connectivity index (χ1v) is 8.97. The zero-order chi connectivity index (χ0) is 18.8. The number of hydrogen-bond acceptors (Lipinski definition) is 3. The van der Waals surface area contributed by atoms with Crippen molar-refractivity contribution < 1.29 is 13.4 Å². The molecule has 0 radical (unpaired) electrons. The number of rotatable bonds is 3. The fraction of sp³-hybridized carbons (Fsp3) is 0. The van der Waals surface area contributed by atoms with Gasteiger partial charge in [-0.2, -0.15) is 0 Å². The molecule has 4 rings (SSSR count). The van der Waals surface area contributed by atoms with Gasteiger partial charge < -0.3 is 9.15 Å². The summed E-state index contributed by atoms with van der Waals surface area (Å²) in [6.07, 6.45) is 0. The third-order valence-electron chi connectivity index (χ3n) is 4.43. The zero-order valence-electron chi connectivity index (χ0n) is 14.1. The van der Waals surface area contributed by atoms with Gasteiger partial charge in [0.05, 0.1) is 11.1 Å². The lowest BCUT2D eigenvalue weighted by atomic mass is 9.95. The smallest absolute Gasteiger partial charge is 0.350 e. The topological polar surface area (TPSA) is 55.4 Å². The van der Waals surface area contributed by atoms with E-state index in [0.717, 1.165) is 16.2 Å². The second-order valence-electron chi connectivity index (χ2n) is 6.09. The van der Waals surface area contributed by atoms with Crippen molar-refractivity contribution >= 4 is 55.4 Å². The van der Waals surface area contributed by atoms with Crippen molar-refractivity contribution in [3.8, 4) is 0 Å². The molecule has 4 aromatic carbocycles. The van der Waals surface area contributed by atoms with Crippen molar-refractivity contribution in [3.63, 3.8) is 0 Å². The molecule has 0 aliphatic carbocycles. The number of fused-ring (bicyclic) bond motifs is 2. The van der Waals surface area contributed by atoms with Crippen LogP contribution in [0.25, 0.3) is 21.5 Å². The summed E-state index contributed by atoms with van der Waals surface area (Å²) < 4.78 is 4.71. The van der Waals surface area contributed by atoms with Crippen LogP contribution < -0.4 is 5.32 Å². The summed E-state index contributed by atoms with van der Waals surface area (Å²) in [5.74, 6) is -0.988. The fourth-order valence-electron chi connectivity index (χ4n) is 3.19. The van der Waals surface area contributed by atoms with E-state index >= 15 is 0 Å². The monoisotopic (exact) mass is 419 g/mol. The highest BCUT2D eigenvalue weighted by atomic mass is 79.9. The summed E-state index contributed by atoms with van der Waals surface area (Å²) in [6, 6.07) is 24.4. The van der Waals surface area contributed by atoms with Crippen molar-refractivity contribution in [2.75, 3.05) is 5.32 Å². The number of carbonyl (C=O) groups is 2. The van der Waals surface area contributed by atoms with E-state index in [4.69, 9.17) is 3.83 Å². The maximum Gasteiger partial charge on any atom is 0.350 e. The molecule has 4 aromatic rings. The number of hydrogen-bond donors (Lipinski definition) is 1. The highest BCUT2D eigenvalue weighted by Crippen LogP contribution is 2.29. The second-order valence-corrected chi connectivity index (χ2v) is 6.42. The maximum absolute atomic E-state index is 13.1. The molecule has 0 aromatic heterocycles. The van der Waals surface area contributed by atoms with Gasteiger partial charge in [-0.15, -0.1) is 0 Å². The molecular formula is C22H14BrNO3. The third kappa shape index (κ3) is 3.29. The Morgan fingerprint density at radius 1 is 0.778 bits per heavy atom. The van der Waals surface area contributed by atoms with Crippen LogP contribution in [0.4, 0.5) is 5.69 Å². The van der Waals surface area contributed by atoms with Crippen LogP contribution in [0.2, 0.25) is 0 Å². The third-order valence-corrected chi connectivity index (χ3v) is 4.73. The molecule has 0 aliphatic rings. The van der Waals surface area contributed by atoms with E-state index < -0.39 is 5.97 Å². The van der Waals surface area contributed by atoms with Gasteiger partial charge in [0.25, 0.3) is 5.91 Å². The van der Waals surface area contributed by atoms with Crippen LogP contribution in [0.15, 0.2) is 78.9 Å². The van der Waals surface area contributed by atoms with E-state index in [0.29, 0.717) is 11.1 Å². The van der Waals surface area contributed by atoms with Crippen molar-refractivity contribution in [1.29, 1.82) is 0 Å². The number of nitrogens with one attached hydrogen (secondary N) is 1. The van der Waals surface area contributed by atoms with E-state index in [1.165, 1.54) is 0 Å². The van der Waals surface area contributed by atoms with Gasteiger partial charge in [-0.3, -0.25) is 4.79 Å². The Morgan fingerprint density at radius 2 is 1.44 bits per heavy atom. The van der Waals surface area contributed by atoms with Gasteiger partial charge in [-0.1, -0.05) is 48.5 Å². The van der Waals surface area contributed by atoms with E-state index in [1.807, 2.05) is 60.7 Å². The Hall–Kier alpha value is -3.18. The van der Waals surface area contributed by atoms with Crippen molar-refractivity contribution in [3.05, 3.63) is 90.0 Å².